The molecule has 2 N–H and O–H groups in total. The van der Waals surface area contributed by atoms with Crippen LogP contribution in [0.2, 0.25) is 0 Å². The highest BCUT2D eigenvalue weighted by atomic mass is 35.5. The lowest BCUT2D eigenvalue weighted by atomic mass is 10.4. The number of nitrogens with two attached hydrogens (primary N) is 1. The van der Waals surface area contributed by atoms with Crippen LogP contribution in [0.5, 0.6) is 0 Å². The predicted octanol–water partition coefficient (Wildman–Crippen LogP) is 1.18. The van der Waals surface area contributed by atoms with Gasteiger partial charge in [-0.1, -0.05) is 13.5 Å². The van der Waals surface area contributed by atoms with Gasteiger partial charge in [0, 0.05) is 0 Å². The van der Waals surface area contributed by atoms with Gasteiger partial charge in [-0.05, 0) is 26.6 Å². The van der Waals surface area contributed by atoms with Gasteiger partial charge in [0.05, 0.1) is 5.50 Å². The Kier molecular flexibility index (Phi) is 9.99. The van der Waals surface area contributed by atoms with E-state index in [0.29, 0.717) is 0 Å². The van der Waals surface area contributed by atoms with Crippen LogP contribution < -0.4 is 5.73 Å². The lowest BCUT2D eigenvalue weighted by Crippen LogP contribution is -2.20. The number of amides is 1. The largest absolute Gasteiger partial charge is 0.366 e. The van der Waals surface area contributed by atoms with Crippen molar-refractivity contribution in [1.29, 1.82) is 0 Å². The lowest BCUT2D eigenvalue weighted by Gasteiger charge is -2.13. The van der Waals surface area contributed by atoms with Gasteiger partial charge in [-0.3, -0.25) is 9.69 Å². The van der Waals surface area contributed by atoms with Crippen molar-refractivity contribution in [2.45, 2.75) is 18.8 Å². The molecule has 0 fully saturated rings. The molecule has 0 aromatic heterocycles. The smallest absolute Gasteiger partial charge is 0.240 e. The first-order valence-corrected chi connectivity index (χ1v) is 4.11. The topological polar surface area (TPSA) is 46.3 Å². The lowest BCUT2D eigenvalue weighted by molar-refractivity contribution is -0.113. The molecule has 0 spiro atoms. The number of alkyl halides is 1. The summed E-state index contributed by atoms with van der Waals surface area (Å²) < 4.78 is 0. The molecule has 0 aromatic carbocycles. The summed E-state index contributed by atoms with van der Waals surface area (Å²) in [5.41, 5.74) is 4.74. The minimum absolute atomic E-state index is 0.208. The zero-order chi connectivity index (χ0) is 10.1. The predicted molar refractivity (Wildman–Crippen MR) is 53.0 cm³/mol. The van der Waals surface area contributed by atoms with Crippen LogP contribution in [0, 0.1) is 0 Å². The zero-order valence-corrected chi connectivity index (χ0v) is 8.64. The third-order valence-corrected chi connectivity index (χ3v) is 1.80. The van der Waals surface area contributed by atoms with Crippen LogP contribution in [0.25, 0.3) is 0 Å². The standard InChI is InChI=1S/C5H12ClN.C3H5NO/c1-4-5(6)7(2)3;1-2-3(4)5/h5H,4H2,1-3H3;2H,1H2,(H2,4,5). The highest BCUT2D eigenvalue weighted by molar-refractivity contribution is 6.20. The summed E-state index contributed by atoms with van der Waals surface area (Å²) in [6, 6.07) is 0. The van der Waals surface area contributed by atoms with Crippen LogP contribution >= 0.6 is 11.6 Å². The molecule has 0 heterocycles. The zero-order valence-electron chi connectivity index (χ0n) is 7.88. The van der Waals surface area contributed by atoms with Crippen LogP contribution in [0.15, 0.2) is 12.7 Å². The third-order valence-electron chi connectivity index (χ3n) is 1.10. The molecule has 72 valence electrons. The molecule has 0 aromatic rings. The van der Waals surface area contributed by atoms with Crippen LogP contribution in [0.4, 0.5) is 0 Å². The second kappa shape index (κ2) is 8.56. The fraction of sp³-hybridized carbons (Fsp3) is 0.625. The Morgan fingerprint density at radius 2 is 2.08 bits per heavy atom. The summed E-state index contributed by atoms with van der Waals surface area (Å²) in [7, 11) is 3.95. The van der Waals surface area contributed by atoms with Crippen molar-refractivity contribution in [3.05, 3.63) is 12.7 Å². The quantitative estimate of drug-likeness (QED) is 0.415. The van der Waals surface area contributed by atoms with Gasteiger partial charge in [0.25, 0.3) is 0 Å². The monoisotopic (exact) mass is 192 g/mol. The van der Waals surface area contributed by atoms with Crippen LogP contribution in [-0.4, -0.2) is 30.4 Å². The van der Waals surface area contributed by atoms with Gasteiger partial charge in [-0.25, -0.2) is 0 Å². The SMILES string of the molecule is C=CC(N)=O.CCC(Cl)N(C)C. The molecule has 0 rings (SSSR count). The van der Waals surface area contributed by atoms with Crippen molar-refractivity contribution in [3.63, 3.8) is 0 Å². The summed E-state index contributed by atoms with van der Waals surface area (Å²) in [5, 5.41) is 0. The Balaban J connectivity index is 0. The van der Waals surface area contributed by atoms with Crippen LogP contribution in [0.3, 0.4) is 0 Å². The molecule has 0 radical (unpaired) electrons. The summed E-state index contributed by atoms with van der Waals surface area (Å²) in [6.45, 7) is 5.15. The van der Waals surface area contributed by atoms with E-state index in [1.54, 1.807) is 0 Å². The first-order chi connectivity index (χ1) is 5.45. The molecule has 3 nitrogen and oxygen atoms in total. The molecule has 0 aliphatic rings. The average molecular weight is 193 g/mol. The Morgan fingerprint density at radius 1 is 1.75 bits per heavy atom. The van der Waals surface area contributed by atoms with E-state index < -0.39 is 5.91 Å². The first-order valence-electron chi connectivity index (χ1n) is 3.68. The summed E-state index contributed by atoms with van der Waals surface area (Å²) in [6.07, 6.45) is 2.06. The number of carbonyl (C=O) groups excluding carboxylic acids is 1. The average Bonchev–Trinajstić information content (AvgIpc) is 2.04. The first kappa shape index (κ1) is 14.0. The maximum Gasteiger partial charge on any atom is 0.240 e. The van der Waals surface area contributed by atoms with Gasteiger partial charge in [0.2, 0.25) is 5.91 Å². The van der Waals surface area contributed by atoms with E-state index in [2.05, 4.69) is 19.2 Å². The number of hydrogen-bond donors (Lipinski definition) is 1. The molecule has 0 bridgehead atoms. The number of nitrogens with zero attached hydrogens (tertiary/aromatic N) is 1. The van der Waals surface area contributed by atoms with Crippen molar-refractivity contribution in [3.8, 4) is 0 Å². The van der Waals surface area contributed by atoms with E-state index in [-0.39, 0.29) is 5.50 Å². The van der Waals surface area contributed by atoms with Gasteiger partial charge in [-0.15, -0.1) is 11.6 Å². The number of halogens is 1. The molecule has 1 amide bonds. The second-order valence-electron chi connectivity index (χ2n) is 2.41. The van der Waals surface area contributed by atoms with E-state index in [4.69, 9.17) is 11.6 Å². The molecule has 0 saturated heterocycles. The normalized spacial score (nSPS) is 11.4. The van der Waals surface area contributed by atoms with Crippen molar-refractivity contribution < 1.29 is 4.79 Å². The number of rotatable bonds is 3. The molecule has 12 heavy (non-hydrogen) atoms. The highest BCUT2D eigenvalue weighted by Gasteiger charge is 1.99. The number of carbonyl (C=O) groups is 1. The van der Waals surface area contributed by atoms with E-state index in [1.165, 1.54) is 0 Å². The molecule has 0 aliphatic heterocycles. The van der Waals surface area contributed by atoms with Crippen molar-refractivity contribution >= 4 is 17.5 Å². The minimum Gasteiger partial charge on any atom is -0.366 e. The van der Waals surface area contributed by atoms with Gasteiger partial charge >= 0.3 is 0 Å². The number of hydrogen-bond acceptors (Lipinski definition) is 2. The molecule has 1 unspecified atom stereocenters. The Bertz CT molecular complexity index is 137. The summed E-state index contributed by atoms with van der Waals surface area (Å²) in [4.78, 5) is 11.5. The third kappa shape index (κ3) is 12.2. The second-order valence-corrected chi connectivity index (χ2v) is 2.92. The van der Waals surface area contributed by atoms with Crippen molar-refractivity contribution in [1.82, 2.24) is 4.90 Å². The molecule has 1 atom stereocenters. The van der Waals surface area contributed by atoms with E-state index in [1.807, 2.05) is 19.0 Å². The summed E-state index contributed by atoms with van der Waals surface area (Å²) in [5.74, 6) is -0.481. The highest BCUT2D eigenvalue weighted by Crippen LogP contribution is 2.01. The fourth-order valence-electron chi connectivity index (χ4n) is 0.365. The van der Waals surface area contributed by atoms with Gasteiger partial charge in [0.15, 0.2) is 0 Å². The van der Waals surface area contributed by atoms with Crippen molar-refractivity contribution in [2.75, 3.05) is 14.1 Å². The molecule has 4 heteroatoms. The molecule has 0 aliphatic carbocycles. The van der Waals surface area contributed by atoms with Crippen LogP contribution in [0.1, 0.15) is 13.3 Å². The van der Waals surface area contributed by atoms with Crippen molar-refractivity contribution in [2.24, 2.45) is 5.73 Å². The van der Waals surface area contributed by atoms with Gasteiger partial charge in [0.1, 0.15) is 0 Å². The van der Waals surface area contributed by atoms with E-state index >= 15 is 0 Å². The minimum atomic E-state index is -0.481. The molecular formula is C8H17ClN2O. The van der Waals surface area contributed by atoms with Gasteiger partial charge < -0.3 is 5.73 Å². The Hall–Kier alpha value is -0.540. The van der Waals surface area contributed by atoms with E-state index in [9.17, 15) is 4.79 Å². The van der Waals surface area contributed by atoms with Gasteiger partial charge in [-0.2, -0.15) is 0 Å². The summed E-state index contributed by atoms with van der Waals surface area (Å²) >= 11 is 5.73. The van der Waals surface area contributed by atoms with Crippen LogP contribution in [-0.2, 0) is 4.79 Å². The van der Waals surface area contributed by atoms with E-state index in [0.717, 1.165) is 12.5 Å². The fourth-order valence-corrected chi connectivity index (χ4v) is 0.365. The maximum atomic E-state index is 9.47. The Labute approximate surface area is 79.2 Å². The molecule has 0 saturated carbocycles. The number of primary amides is 1. The Morgan fingerprint density at radius 3 is 2.08 bits per heavy atom. The molecular weight excluding hydrogens is 176 g/mol. The maximum absolute atomic E-state index is 9.47.